The van der Waals surface area contributed by atoms with Gasteiger partial charge in [0.25, 0.3) is 0 Å². The lowest BCUT2D eigenvalue weighted by Crippen LogP contribution is -2.14. The third-order valence-electron chi connectivity index (χ3n) is 2.24. The number of para-hydroxylation sites is 1. The molecule has 1 aromatic carbocycles. The number of pyridine rings is 1. The SMILES string of the molecule is COC(=O)c1[nH]c2ccccc2c(=O)c1Br. The predicted octanol–water partition coefficient (Wildman–Crippen LogP) is 2.08. The number of carbonyl (C=O) groups excluding carboxylic acids is 1. The van der Waals surface area contributed by atoms with Gasteiger partial charge in [0.15, 0.2) is 0 Å². The van der Waals surface area contributed by atoms with Crippen LogP contribution in [0.2, 0.25) is 0 Å². The summed E-state index contributed by atoms with van der Waals surface area (Å²) in [5.74, 6) is -0.574. The molecule has 0 aliphatic rings. The third-order valence-corrected chi connectivity index (χ3v) is 3.00. The summed E-state index contributed by atoms with van der Waals surface area (Å²) in [4.78, 5) is 26.2. The van der Waals surface area contributed by atoms with Gasteiger partial charge in [-0.15, -0.1) is 0 Å². The molecule has 0 saturated carbocycles. The smallest absolute Gasteiger partial charge is 0.355 e. The van der Waals surface area contributed by atoms with E-state index in [1.165, 1.54) is 7.11 Å². The zero-order chi connectivity index (χ0) is 11.7. The zero-order valence-electron chi connectivity index (χ0n) is 8.41. The maximum Gasteiger partial charge on any atom is 0.355 e. The van der Waals surface area contributed by atoms with E-state index in [1.54, 1.807) is 24.3 Å². The lowest BCUT2D eigenvalue weighted by Gasteiger charge is -2.04. The van der Waals surface area contributed by atoms with Gasteiger partial charge in [0.2, 0.25) is 5.43 Å². The fourth-order valence-corrected chi connectivity index (χ4v) is 1.93. The largest absolute Gasteiger partial charge is 0.464 e. The summed E-state index contributed by atoms with van der Waals surface area (Å²) < 4.78 is 4.77. The number of aromatic amines is 1. The third kappa shape index (κ3) is 1.63. The van der Waals surface area contributed by atoms with Gasteiger partial charge in [0, 0.05) is 10.9 Å². The topological polar surface area (TPSA) is 59.2 Å². The molecule has 0 radical (unpaired) electrons. The van der Waals surface area contributed by atoms with Gasteiger partial charge in [-0.2, -0.15) is 0 Å². The molecular weight excluding hydrogens is 274 g/mol. The fourth-order valence-electron chi connectivity index (χ4n) is 1.45. The Morgan fingerprint density at radius 1 is 1.38 bits per heavy atom. The first kappa shape index (κ1) is 10.9. The summed E-state index contributed by atoms with van der Waals surface area (Å²) in [5.41, 5.74) is 0.511. The van der Waals surface area contributed by atoms with Crippen LogP contribution >= 0.6 is 15.9 Å². The van der Waals surface area contributed by atoms with Crippen LogP contribution in [0.25, 0.3) is 10.9 Å². The zero-order valence-corrected chi connectivity index (χ0v) is 10.00. The van der Waals surface area contributed by atoms with Crippen molar-refractivity contribution in [1.29, 1.82) is 0 Å². The van der Waals surface area contributed by atoms with Gasteiger partial charge in [-0.05, 0) is 28.1 Å². The van der Waals surface area contributed by atoms with Crippen molar-refractivity contribution in [2.45, 2.75) is 0 Å². The van der Waals surface area contributed by atoms with Crippen LogP contribution in [0.3, 0.4) is 0 Å². The number of benzene rings is 1. The monoisotopic (exact) mass is 281 g/mol. The normalized spacial score (nSPS) is 10.4. The molecule has 0 spiro atoms. The number of hydrogen-bond acceptors (Lipinski definition) is 3. The van der Waals surface area contributed by atoms with Crippen molar-refractivity contribution in [3.63, 3.8) is 0 Å². The minimum Gasteiger partial charge on any atom is -0.464 e. The number of ether oxygens (including phenoxy) is 1. The van der Waals surface area contributed by atoms with Crippen LogP contribution < -0.4 is 5.43 Å². The molecule has 0 atom stereocenters. The second-order valence-electron chi connectivity index (χ2n) is 3.18. The number of hydrogen-bond donors (Lipinski definition) is 1. The average Bonchev–Trinajstić information content (AvgIpc) is 2.33. The number of halogens is 1. The van der Waals surface area contributed by atoms with Gasteiger partial charge < -0.3 is 9.72 Å². The van der Waals surface area contributed by atoms with Crippen molar-refractivity contribution < 1.29 is 9.53 Å². The Morgan fingerprint density at radius 2 is 2.06 bits per heavy atom. The van der Waals surface area contributed by atoms with Gasteiger partial charge >= 0.3 is 5.97 Å². The number of fused-ring (bicyclic) bond motifs is 1. The molecule has 2 aromatic rings. The lowest BCUT2D eigenvalue weighted by molar-refractivity contribution is 0.0593. The van der Waals surface area contributed by atoms with Crippen molar-refractivity contribution in [1.82, 2.24) is 4.98 Å². The highest BCUT2D eigenvalue weighted by Gasteiger charge is 2.15. The molecule has 0 amide bonds. The molecule has 0 fully saturated rings. The molecule has 0 aliphatic heterocycles. The van der Waals surface area contributed by atoms with Crippen molar-refractivity contribution in [3.8, 4) is 0 Å². The van der Waals surface area contributed by atoms with Crippen molar-refractivity contribution in [2.24, 2.45) is 0 Å². The van der Waals surface area contributed by atoms with E-state index in [-0.39, 0.29) is 15.6 Å². The van der Waals surface area contributed by atoms with Crippen LogP contribution in [0.1, 0.15) is 10.5 Å². The maximum atomic E-state index is 11.9. The summed E-state index contributed by atoms with van der Waals surface area (Å²) >= 11 is 3.10. The van der Waals surface area contributed by atoms with E-state index in [0.717, 1.165) is 0 Å². The van der Waals surface area contributed by atoms with Gasteiger partial charge in [0.05, 0.1) is 11.6 Å². The number of aromatic nitrogens is 1. The molecule has 0 unspecified atom stereocenters. The molecule has 0 saturated heterocycles. The summed E-state index contributed by atoms with van der Waals surface area (Å²) in [6.07, 6.45) is 0. The highest BCUT2D eigenvalue weighted by molar-refractivity contribution is 9.10. The molecule has 82 valence electrons. The molecule has 1 aromatic heterocycles. The number of esters is 1. The lowest BCUT2D eigenvalue weighted by atomic mass is 10.2. The Hall–Kier alpha value is -1.62. The van der Waals surface area contributed by atoms with Crippen LogP contribution in [0.5, 0.6) is 0 Å². The Balaban J connectivity index is 2.84. The highest BCUT2D eigenvalue weighted by atomic mass is 79.9. The van der Waals surface area contributed by atoms with E-state index in [2.05, 4.69) is 25.7 Å². The summed E-state index contributed by atoms with van der Waals surface area (Å²) in [5, 5.41) is 0.530. The number of H-pyrrole nitrogens is 1. The minimum absolute atomic E-state index is 0.131. The number of methoxy groups -OCH3 is 1. The van der Waals surface area contributed by atoms with E-state index >= 15 is 0 Å². The molecule has 0 aliphatic carbocycles. The van der Waals surface area contributed by atoms with Gasteiger partial charge in [-0.25, -0.2) is 4.79 Å². The van der Waals surface area contributed by atoms with Crippen LogP contribution in [-0.4, -0.2) is 18.1 Å². The molecule has 1 N–H and O–H groups in total. The average molecular weight is 282 g/mol. The Labute approximate surface area is 99.4 Å². The summed E-state index contributed by atoms with van der Waals surface area (Å²) in [7, 11) is 1.27. The van der Waals surface area contributed by atoms with Gasteiger partial charge in [-0.1, -0.05) is 12.1 Å². The quantitative estimate of drug-likeness (QED) is 0.815. The number of rotatable bonds is 1. The summed E-state index contributed by atoms with van der Waals surface area (Å²) in [6.45, 7) is 0. The van der Waals surface area contributed by atoms with Crippen molar-refractivity contribution in [2.75, 3.05) is 7.11 Å². The first-order valence-electron chi connectivity index (χ1n) is 4.54. The molecule has 1 heterocycles. The fraction of sp³-hybridized carbons (Fsp3) is 0.0909. The van der Waals surface area contributed by atoms with Gasteiger partial charge in [-0.3, -0.25) is 4.79 Å². The van der Waals surface area contributed by atoms with E-state index in [0.29, 0.717) is 10.9 Å². The standard InChI is InChI=1S/C11H8BrNO3/c1-16-11(15)9-8(12)10(14)6-4-2-3-5-7(6)13-9/h2-5H,1H3,(H,13,14). The maximum absolute atomic E-state index is 11.9. The minimum atomic E-state index is -0.574. The van der Waals surface area contributed by atoms with Crippen LogP contribution in [0.4, 0.5) is 0 Å². The van der Waals surface area contributed by atoms with Crippen LogP contribution in [0.15, 0.2) is 33.5 Å². The van der Waals surface area contributed by atoms with Crippen molar-refractivity contribution in [3.05, 3.63) is 44.7 Å². The first-order chi connectivity index (χ1) is 7.65. The van der Waals surface area contributed by atoms with Crippen LogP contribution in [-0.2, 0) is 4.74 Å². The molecule has 2 rings (SSSR count). The number of nitrogens with one attached hydrogen (secondary N) is 1. The van der Waals surface area contributed by atoms with Crippen LogP contribution in [0, 0.1) is 0 Å². The molecule has 0 bridgehead atoms. The van der Waals surface area contributed by atoms with E-state index in [9.17, 15) is 9.59 Å². The summed E-state index contributed by atoms with van der Waals surface area (Å²) in [6, 6.07) is 6.98. The Bertz CT molecular complexity index is 618. The van der Waals surface area contributed by atoms with E-state index in [1.807, 2.05) is 0 Å². The molecule has 4 nitrogen and oxygen atoms in total. The van der Waals surface area contributed by atoms with E-state index in [4.69, 9.17) is 0 Å². The second kappa shape index (κ2) is 4.09. The van der Waals surface area contributed by atoms with Crippen molar-refractivity contribution >= 4 is 32.8 Å². The first-order valence-corrected chi connectivity index (χ1v) is 5.33. The molecule has 5 heteroatoms. The van der Waals surface area contributed by atoms with E-state index < -0.39 is 5.97 Å². The predicted molar refractivity (Wildman–Crippen MR) is 63.6 cm³/mol. The number of carbonyl (C=O) groups is 1. The Morgan fingerprint density at radius 3 is 2.75 bits per heavy atom. The highest BCUT2D eigenvalue weighted by Crippen LogP contribution is 2.16. The molecular formula is C11H8BrNO3. The Kier molecular flexibility index (Phi) is 2.78. The van der Waals surface area contributed by atoms with Gasteiger partial charge in [0.1, 0.15) is 5.69 Å². The molecule has 16 heavy (non-hydrogen) atoms. The second-order valence-corrected chi connectivity index (χ2v) is 3.97.